The van der Waals surface area contributed by atoms with Crippen LogP contribution in [0.1, 0.15) is 18.1 Å². The predicted octanol–water partition coefficient (Wildman–Crippen LogP) is 2.04. The van der Waals surface area contributed by atoms with E-state index in [0.717, 1.165) is 22.5 Å². The van der Waals surface area contributed by atoms with Crippen molar-refractivity contribution in [1.82, 2.24) is 9.29 Å². The third-order valence-electron chi connectivity index (χ3n) is 3.52. The maximum atomic E-state index is 12.2. The second kappa shape index (κ2) is 8.03. The highest BCUT2D eigenvalue weighted by Crippen LogP contribution is 2.11. The molecule has 2 aromatic rings. The highest BCUT2D eigenvalue weighted by molar-refractivity contribution is 7.88. The number of aryl methyl sites for hydroxylation is 1. The quantitative estimate of drug-likeness (QED) is 0.831. The minimum Gasteiger partial charge on any atom is -0.325 e. The Bertz CT molecular complexity index is 774. The Morgan fingerprint density at radius 1 is 1.17 bits per heavy atom. The maximum absolute atomic E-state index is 12.2. The molecule has 0 saturated heterocycles. The fraction of sp³-hybridized carbons (Fsp3) is 0.294. The number of benzene rings is 1. The Kier molecular flexibility index (Phi) is 6.05. The number of nitrogens with zero attached hydrogens (tertiary/aromatic N) is 2. The molecular weight excluding hydrogens is 326 g/mol. The Hall–Kier alpha value is -2.25. The van der Waals surface area contributed by atoms with Crippen molar-refractivity contribution in [2.75, 3.05) is 18.1 Å². The Labute approximate surface area is 142 Å². The van der Waals surface area contributed by atoms with E-state index >= 15 is 0 Å². The first-order valence-electron chi connectivity index (χ1n) is 7.61. The molecule has 6 nitrogen and oxygen atoms in total. The van der Waals surface area contributed by atoms with Crippen LogP contribution in [0, 0.1) is 0 Å². The number of nitrogens with one attached hydrogen (secondary N) is 1. The number of pyridine rings is 1. The molecule has 0 bridgehead atoms. The summed E-state index contributed by atoms with van der Waals surface area (Å²) in [5.74, 6) is -0.381. The first-order valence-corrected chi connectivity index (χ1v) is 9.46. The molecule has 128 valence electrons. The molecule has 0 aliphatic heterocycles. The standard InChI is InChI=1S/C17H21N3O3S/c1-3-14-6-8-16(9-7-14)19-17(21)13-20(24(2,22)23)12-15-5-4-10-18-11-15/h4-11H,3,12-13H2,1-2H3,(H,19,21). The van der Waals surface area contributed by atoms with E-state index in [0.29, 0.717) is 5.69 Å². The van der Waals surface area contributed by atoms with Crippen molar-refractivity contribution >= 4 is 21.6 Å². The maximum Gasteiger partial charge on any atom is 0.239 e. The largest absolute Gasteiger partial charge is 0.325 e. The smallest absolute Gasteiger partial charge is 0.239 e. The van der Waals surface area contributed by atoms with Gasteiger partial charge in [-0.3, -0.25) is 9.78 Å². The summed E-state index contributed by atoms with van der Waals surface area (Å²) in [6.45, 7) is 1.91. The van der Waals surface area contributed by atoms with E-state index in [9.17, 15) is 13.2 Å². The van der Waals surface area contributed by atoms with Crippen molar-refractivity contribution in [2.45, 2.75) is 19.9 Å². The van der Waals surface area contributed by atoms with E-state index in [1.807, 2.05) is 24.3 Å². The van der Waals surface area contributed by atoms with Crippen LogP contribution in [0.5, 0.6) is 0 Å². The van der Waals surface area contributed by atoms with Crippen molar-refractivity contribution < 1.29 is 13.2 Å². The van der Waals surface area contributed by atoms with Crippen LogP contribution in [0.4, 0.5) is 5.69 Å². The van der Waals surface area contributed by atoms with E-state index < -0.39 is 10.0 Å². The lowest BCUT2D eigenvalue weighted by Crippen LogP contribution is -2.36. The van der Waals surface area contributed by atoms with Gasteiger partial charge in [-0.15, -0.1) is 0 Å². The van der Waals surface area contributed by atoms with Gasteiger partial charge in [-0.2, -0.15) is 4.31 Å². The van der Waals surface area contributed by atoms with Crippen LogP contribution < -0.4 is 5.32 Å². The molecule has 0 spiro atoms. The molecule has 1 amide bonds. The van der Waals surface area contributed by atoms with Crippen molar-refractivity contribution in [3.63, 3.8) is 0 Å². The number of rotatable bonds is 7. The van der Waals surface area contributed by atoms with Crippen molar-refractivity contribution in [1.29, 1.82) is 0 Å². The van der Waals surface area contributed by atoms with Gasteiger partial charge in [-0.1, -0.05) is 25.1 Å². The molecule has 24 heavy (non-hydrogen) atoms. The van der Waals surface area contributed by atoms with Crippen LogP contribution in [-0.2, 0) is 27.8 Å². The molecular formula is C17H21N3O3S. The summed E-state index contributed by atoms with van der Waals surface area (Å²) in [6.07, 6.45) is 5.20. The minimum atomic E-state index is -3.52. The van der Waals surface area contributed by atoms with Gasteiger partial charge in [0.15, 0.2) is 0 Å². The average molecular weight is 347 g/mol. The molecule has 0 aliphatic rings. The summed E-state index contributed by atoms with van der Waals surface area (Å²) >= 11 is 0. The predicted molar refractivity (Wildman–Crippen MR) is 93.9 cm³/mol. The number of sulfonamides is 1. The third kappa shape index (κ3) is 5.43. The van der Waals surface area contributed by atoms with Gasteiger partial charge in [0.25, 0.3) is 0 Å². The van der Waals surface area contributed by atoms with E-state index in [2.05, 4.69) is 17.2 Å². The number of carbonyl (C=O) groups is 1. The van der Waals surface area contributed by atoms with Crippen molar-refractivity contribution in [3.05, 3.63) is 59.9 Å². The van der Waals surface area contributed by atoms with Crippen molar-refractivity contribution in [2.24, 2.45) is 0 Å². The molecule has 1 heterocycles. The molecule has 1 N–H and O–H groups in total. The number of hydrogen-bond donors (Lipinski definition) is 1. The topological polar surface area (TPSA) is 79.4 Å². The van der Waals surface area contributed by atoms with E-state index in [1.165, 1.54) is 5.56 Å². The zero-order chi connectivity index (χ0) is 17.6. The van der Waals surface area contributed by atoms with E-state index in [4.69, 9.17) is 0 Å². The number of anilines is 1. The van der Waals surface area contributed by atoms with Gasteiger partial charge in [0.2, 0.25) is 15.9 Å². The second-order valence-corrected chi connectivity index (χ2v) is 7.47. The second-order valence-electron chi connectivity index (χ2n) is 5.49. The molecule has 0 unspecified atom stereocenters. The van der Waals surface area contributed by atoms with Gasteiger partial charge in [0, 0.05) is 24.6 Å². The minimum absolute atomic E-state index is 0.106. The van der Waals surface area contributed by atoms with Crippen LogP contribution in [0.15, 0.2) is 48.8 Å². The lowest BCUT2D eigenvalue weighted by atomic mass is 10.1. The third-order valence-corrected chi connectivity index (χ3v) is 4.71. The fourth-order valence-electron chi connectivity index (χ4n) is 2.17. The lowest BCUT2D eigenvalue weighted by molar-refractivity contribution is -0.116. The molecule has 0 aliphatic carbocycles. The summed E-state index contributed by atoms with van der Waals surface area (Å²) < 4.78 is 25.0. The lowest BCUT2D eigenvalue weighted by Gasteiger charge is -2.19. The van der Waals surface area contributed by atoms with Gasteiger partial charge >= 0.3 is 0 Å². The van der Waals surface area contributed by atoms with Gasteiger partial charge in [0.05, 0.1) is 12.8 Å². The summed E-state index contributed by atoms with van der Waals surface area (Å²) in [4.78, 5) is 16.1. The van der Waals surface area contributed by atoms with Crippen LogP contribution in [-0.4, -0.2) is 36.4 Å². The van der Waals surface area contributed by atoms with Crippen LogP contribution >= 0.6 is 0 Å². The highest BCUT2D eigenvalue weighted by atomic mass is 32.2. The fourth-order valence-corrected chi connectivity index (χ4v) is 2.91. The summed E-state index contributed by atoms with van der Waals surface area (Å²) in [5.41, 5.74) is 2.54. The molecule has 0 saturated carbocycles. The molecule has 0 radical (unpaired) electrons. The highest BCUT2D eigenvalue weighted by Gasteiger charge is 2.20. The molecule has 1 aromatic carbocycles. The summed E-state index contributed by atoms with van der Waals surface area (Å²) in [7, 11) is -3.52. The molecule has 1 aromatic heterocycles. The number of hydrogen-bond acceptors (Lipinski definition) is 4. The first kappa shape index (κ1) is 18.1. The number of aromatic nitrogens is 1. The van der Waals surface area contributed by atoms with Gasteiger partial charge in [-0.05, 0) is 35.7 Å². The van der Waals surface area contributed by atoms with Crippen LogP contribution in [0.25, 0.3) is 0 Å². The van der Waals surface area contributed by atoms with Crippen molar-refractivity contribution in [3.8, 4) is 0 Å². The molecule has 0 atom stereocenters. The molecule has 0 fully saturated rings. The van der Waals surface area contributed by atoms with Gasteiger partial charge < -0.3 is 5.32 Å². The van der Waals surface area contributed by atoms with Gasteiger partial charge in [-0.25, -0.2) is 8.42 Å². The monoisotopic (exact) mass is 347 g/mol. The zero-order valence-corrected chi connectivity index (χ0v) is 14.6. The van der Waals surface area contributed by atoms with E-state index in [-0.39, 0.29) is 19.0 Å². The Morgan fingerprint density at radius 2 is 1.88 bits per heavy atom. The van der Waals surface area contributed by atoms with Gasteiger partial charge in [0.1, 0.15) is 0 Å². The normalized spacial score (nSPS) is 11.5. The molecule has 7 heteroatoms. The first-order chi connectivity index (χ1) is 11.4. The van der Waals surface area contributed by atoms with E-state index in [1.54, 1.807) is 24.5 Å². The number of amides is 1. The average Bonchev–Trinajstić information content (AvgIpc) is 2.55. The van der Waals surface area contributed by atoms with Crippen LogP contribution in [0.2, 0.25) is 0 Å². The van der Waals surface area contributed by atoms with Crippen LogP contribution in [0.3, 0.4) is 0 Å². The number of carbonyl (C=O) groups excluding carboxylic acids is 1. The SMILES string of the molecule is CCc1ccc(NC(=O)CN(Cc2cccnc2)S(C)(=O)=O)cc1. The molecule has 2 rings (SSSR count). The Balaban J connectivity index is 2.04. The zero-order valence-electron chi connectivity index (χ0n) is 13.8. The Morgan fingerprint density at radius 3 is 2.42 bits per heavy atom. The summed E-state index contributed by atoms with van der Waals surface area (Å²) in [5, 5.41) is 2.72. The summed E-state index contributed by atoms with van der Waals surface area (Å²) in [6, 6.07) is 11.0.